The van der Waals surface area contributed by atoms with Gasteiger partial charge in [-0.05, 0) is 41.5 Å². The number of carboxylic acid groups (broad SMARTS) is 1. The fraction of sp³-hybridized carbons (Fsp3) is 0.444. The number of ether oxygens (including phenoxy) is 1. The fourth-order valence-corrected chi connectivity index (χ4v) is 5.28. The second-order valence-electron chi connectivity index (χ2n) is 9.11. The Labute approximate surface area is 200 Å². The smallest absolute Gasteiger partial charge is 0.407 e. The van der Waals surface area contributed by atoms with Crippen molar-refractivity contribution in [3.8, 4) is 11.1 Å². The largest absolute Gasteiger partial charge is 0.480 e. The quantitative estimate of drug-likeness (QED) is 0.568. The van der Waals surface area contributed by atoms with Gasteiger partial charge in [-0.25, -0.2) is 4.79 Å². The first-order valence-corrected chi connectivity index (χ1v) is 12.1. The standard InChI is InChI=1S/C27H32N2O5/c1-2-9-24(26(32)29(16-25(30)31)18-10-3-4-11-18)28-27(33)34-17-23-21-14-7-5-12-19(21)20-13-6-8-15-22(20)23/h5-8,12-15,18,23-24H,2-4,9-11,16-17H2,1H3,(H,28,33)(H,30,31)/t24-/m0/s1. The first-order valence-electron chi connectivity index (χ1n) is 12.1. The third-order valence-corrected chi connectivity index (χ3v) is 6.87. The van der Waals surface area contributed by atoms with Crippen LogP contribution >= 0.6 is 0 Å². The maximum atomic E-state index is 13.3. The van der Waals surface area contributed by atoms with Gasteiger partial charge < -0.3 is 20.1 Å². The molecule has 1 fully saturated rings. The van der Waals surface area contributed by atoms with E-state index in [0.717, 1.165) is 47.9 Å². The van der Waals surface area contributed by atoms with Crippen molar-refractivity contribution >= 4 is 18.0 Å². The number of aliphatic carboxylic acids is 1. The molecule has 180 valence electrons. The Bertz CT molecular complexity index is 1000. The van der Waals surface area contributed by atoms with Crippen LogP contribution in [0.4, 0.5) is 4.79 Å². The van der Waals surface area contributed by atoms with Crippen LogP contribution in [0.2, 0.25) is 0 Å². The topological polar surface area (TPSA) is 95.9 Å². The summed E-state index contributed by atoms with van der Waals surface area (Å²) in [6.45, 7) is 1.74. The first kappa shape index (κ1) is 23.8. The minimum atomic E-state index is -1.04. The van der Waals surface area contributed by atoms with E-state index in [1.54, 1.807) is 0 Å². The van der Waals surface area contributed by atoms with Crippen molar-refractivity contribution < 1.29 is 24.2 Å². The molecule has 2 aliphatic rings. The van der Waals surface area contributed by atoms with E-state index < -0.39 is 18.1 Å². The highest BCUT2D eigenvalue weighted by molar-refractivity contribution is 5.88. The molecule has 0 aromatic heterocycles. The van der Waals surface area contributed by atoms with Crippen molar-refractivity contribution in [1.29, 1.82) is 0 Å². The van der Waals surface area contributed by atoms with E-state index in [0.29, 0.717) is 12.8 Å². The van der Waals surface area contributed by atoms with Gasteiger partial charge in [-0.15, -0.1) is 0 Å². The molecule has 2 aromatic rings. The monoisotopic (exact) mass is 464 g/mol. The Balaban J connectivity index is 1.43. The normalized spacial score (nSPS) is 15.9. The molecule has 0 heterocycles. The Hall–Kier alpha value is -3.35. The molecular weight excluding hydrogens is 432 g/mol. The molecule has 0 aliphatic heterocycles. The summed E-state index contributed by atoms with van der Waals surface area (Å²) in [5.74, 6) is -1.46. The zero-order valence-corrected chi connectivity index (χ0v) is 19.5. The van der Waals surface area contributed by atoms with Crippen LogP contribution in [0.5, 0.6) is 0 Å². The summed E-state index contributed by atoms with van der Waals surface area (Å²) < 4.78 is 5.62. The molecule has 7 nitrogen and oxygen atoms in total. The lowest BCUT2D eigenvalue weighted by Crippen LogP contribution is -2.53. The highest BCUT2D eigenvalue weighted by Gasteiger charge is 2.34. The van der Waals surface area contributed by atoms with E-state index in [2.05, 4.69) is 29.6 Å². The van der Waals surface area contributed by atoms with Crippen LogP contribution < -0.4 is 5.32 Å². The van der Waals surface area contributed by atoms with Crippen molar-refractivity contribution in [3.05, 3.63) is 59.7 Å². The van der Waals surface area contributed by atoms with Gasteiger partial charge in [0, 0.05) is 12.0 Å². The zero-order valence-electron chi connectivity index (χ0n) is 19.5. The number of nitrogens with zero attached hydrogens (tertiary/aromatic N) is 1. The highest BCUT2D eigenvalue weighted by Crippen LogP contribution is 2.44. The molecular formula is C27H32N2O5. The van der Waals surface area contributed by atoms with E-state index in [-0.39, 0.29) is 31.0 Å². The molecule has 2 aromatic carbocycles. The lowest BCUT2D eigenvalue weighted by molar-refractivity contribution is -0.147. The first-order chi connectivity index (χ1) is 16.5. The summed E-state index contributed by atoms with van der Waals surface area (Å²) in [6, 6.07) is 15.3. The minimum Gasteiger partial charge on any atom is -0.480 e. The number of carboxylic acids is 1. The number of benzene rings is 2. The van der Waals surface area contributed by atoms with Crippen molar-refractivity contribution in [2.45, 2.75) is 63.5 Å². The van der Waals surface area contributed by atoms with Gasteiger partial charge in [0.2, 0.25) is 5.91 Å². The molecule has 0 spiro atoms. The predicted molar refractivity (Wildman–Crippen MR) is 129 cm³/mol. The number of fused-ring (bicyclic) bond motifs is 3. The maximum Gasteiger partial charge on any atom is 0.407 e. The molecule has 34 heavy (non-hydrogen) atoms. The summed E-state index contributed by atoms with van der Waals surface area (Å²) in [7, 11) is 0. The number of carbonyl (C=O) groups is 3. The van der Waals surface area contributed by atoms with E-state index in [4.69, 9.17) is 4.74 Å². The molecule has 0 unspecified atom stereocenters. The van der Waals surface area contributed by atoms with Crippen LogP contribution in [0.15, 0.2) is 48.5 Å². The molecule has 4 rings (SSSR count). The van der Waals surface area contributed by atoms with Gasteiger partial charge >= 0.3 is 12.1 Å². The minimum absolute atomic E-state index is 0.0690. The van der Waals surface area contributed by atoms with E-state index in [1.807, 2.05) is 31.2 Å². The van der Waals surface area contributed by atoms with Gasteiger partial charge in [-0.1, -0.05) is 74.7 Å². The zero-order chi connectivity index (χ0) is 24.1. The van der Waals surface area contributed by atoms with E-state index >= 15 is 0 Å². The summed E-state index contributed by atoms with van der Waals surface area (Å²) in [4.78, 5) is 38.9. The number of hydrogen-bond donors (Lipinski definition) is 2. The summed E-state index contributed by atoms with van der Waals surface area (Å²) >= 11 is 0. The van der Waals surface area contributed by atoms with E-state index in [1.165, 1.54) is 4.90 Å². The van der Waals surface area contributed by atoms with Gasteiger partial charge in [-0.2, -0.15) is 0 Å². The number of alkyl carbamates (subject to hydrolysis) is 1. The van der Waals surface area contributed by atoms with Crippen molar-refractivity contribution in [2.24, 2.45) is 0 Å². The van der Waals surface area contributed by atoms with Gasteiger partial charge in [-0.3, -0.25) is 9.59 Å². The third-order valence-electron chi connectivity index (χ3n) is 6.87. The average molecular weight is 465 g/mol. The highest BCUT2D eigenvalue weighted by atomic mass is 16.5. The average Bonchev–Trinajstić information content (AvgIpc) is 3.47. The number of carbonyl (C=O) groups excluding carboxylic acids is 2. The van der Waals surface area contributed by atoms with Crippen LogP contribution in [0, 0.1) is 0 Å². The Morgan fingerprint density at radius 3 is 2.18 bits per heavy atom. The van der Waals surface area contributed by atoms with Crippen molar-refractivity contribution in [2.75, 3.05) is 13.2 Å². The fourth-order valence-electron chi connectivity index (χ4n) is 5.28. The second-order valence-corrected chi connectivity index (χ2v) is 9.11. The summed E-state index contributed by atoms with van der Waals surface area (Å²) in [6.07, 6.45) is 3.98. The number of hydrogen-bond acceptors (Lipinski definition) is 4. The molecule has 2 amide bonds. The van der Waals surface area contributed by atoms with Gasteiger partial charge in [0.05, 0.1) is 0 Å². The molecule has 0 radical (unpaired) electrons. The maximum absolute atomic E-state index is 13.3. The van der Waals surface area contributed by atoms with Gasteiger partial charge in [0.25, 0.3) is 0 Å². The Kier molecular flexibility index (Phi) is 7.50. The lowest BCUT2D eigenvalue weighted by atomic mass is 9.98. The Morgan fingerprint density at radius 1 is 1.03 bits per heavy atom. The van der Waals surface area contributed by atoms with Crippen LogP contribution in [0.25, 0.3) is 11.1 Å². The third kappa shape index (κ3) is 5.08. The molecule has 0 saturated heterocycles. The SMILES string of the molecule is CCC[C@H](NC(=O)OCC1c2ccccc2-c2ccccc21)C(=O)N(CC(=O)O)C1CCCC1. The van der Waals surface area contributed by atoms with Crippen molar-refractivity contribution in [1.82, 2.24) is 10.2 Å². The van der Waals surface area contributed by atoms with Crippen LogP contribution in [-0.4, -0.2) is 53.2 Å². The molecule has 7 heteroatoms. The van der Waals surface area contributed by atoms with Crippen LogP contribution in [-0.2, 0) is 14.3 Å². The number of rotatable bonds is 9. The molecule has 2 N–H and O–H groups in total. The van der Waals surface area contributed by atoms with Crippen molar-refractivity contribution in [3.63, 3.8) is 0 Å². The Morgan fingerprint density at radius 2 is 1.62 bits per heavy atom. The number of nitrogens with one attached hydrogen (secondary N) is 1. The van der Waals surface area contributed by atoms with Crippen LogP contribution in [0.3, 0.4) is 0 Å². The molecule has 0 bridgehead atoms. The summed E-state index contributed by atoms with van der Waals surface area (Å²) in [5.41, 5.74) is 4.53. The predicted octanol–water partition coefficient (Wildman–Crippen LogP) is 4.55. The molecule has 1 saturated carbocycles. The van der Waals surface area contributed by atoms with Gasteiger partial charge in [0.1, 0.15) is 19.2 Å². The second kappa shape index (κ2) is 10.7. The van der Waals surface area contributed by atoms with E-state index in [9.17, 15) is 19.5 Å². The van der Waals surface area contributed by atoms with Crippen LogP contribution in [0.1, 0.15) is 62.5 Å². The lowest BCUT2D eigenvalue weighted by Gasteiger charge is -2.31. The number of amides is 2. The van der Waals surface area contributed by atoms with Gasteiger partial charge in [0.15, 0.2) is 0 Å². The summed E-state index contributed by atoms with van der Waals surface area (Å²) in [5, 5.41) is 12.1. The molecule has 2 aliphatic carbocycles. The molecule has 1 atom stereocenters.